The maximum Gasteiger partial charge on any atom is 0.294 e. The van der Waals surface area contributed by atoms with E-state index in [1.165, 1.54) is 7.11 Å². The smallest absolute Gasteiger partial charge is 0.294 e. The van der Waals surface area contributed by atoms with Crippen LogP contribution >= 0.6 is 11.8 Å². The number of benzene rings is 2. The second kappa shape index (κ2) is 8.31. The predicted octanol–water partition coefficient (Wildman–Crippen LogP) is 3.99. The van der Waals surface area contributed by atoms with Crippen molar-refractivity contribution in [3.8, 4) is 5.75 Å². The summed E-state index contributed by atoms with van der Waals surface area (Å²) >= 11 is 0.813. The van der Waals surface area contributed by atoms with Crippen LogP contribution in [-0.2, 0) is 9.59 Å². The number of imide groups is 1. The van der Waals surface area contributed by atoms with E-state index in [1.54, 1.807) is 24.3 Å². The molecule has 1 saturated heterocycles. The topological polar surface area (TPSA) is 75.7 Å². The minimum absolute atomic E-state index is 0.258. The van der Waals surface area contributed by atoms with Crippen molar-refractivity contribution in [1.29, 1.82) is 0 Å². The summed E-state index contributed by atoms with van der Waals surface area (Å²) in [7, 11) is 1.54. The summed E-state index contributed by atoms with van der Waals surface area (Å²) in [5.41, 5.74) is 3.35. The van der Waals surface area contributed by atoms with Gasteiger partial charge in [0.2, 0.25) is 5.91 Å². The lowest BCUT2D eigenvalue weighted by atomic mass is 10.1. The molecule has 0 aromatic heterocycles. The number of carbonyl (C=O) groups excluding carboxylic acids is 3. The van der Waals surface area contributed by atoms with Gasteiger partial charge in [-0.05, 0) is 54.9 Å². The van der Waals surface area contributed by atoms with Gasteiger partial charge in [0, 0.05) is 11.3 Å². The Labute approximate surface area is 167 Å². The molecule has 28 heavy (non-hydrogen) atoms. The number of para-hydroxylation sites is 1. The molecule has 1 aliphatic heterocycles. The number of hydrogen-bond acceptors (Lipinski definition) is 5. The number of anilines is 1. The Bertz CT molecular complexity index is 984. The first-order valence-corrected chi connectivity index (χ1v) is 9.47. The predicted molar refractivity (Wildman–Crippen MR) is 110 cm³/mol. The Morgan fingerprint density at radius 2 is 1.89 bits per heavy atom. The number of ether oxygens (including phenoxy) is 1. The Kier molecular flexibility index (Phi) is 5.84. The van der Waals surface area contributed by atoms with E-state index in [9.17, 15) is 14.4 Å². The van der Waals surface area contributed by atoms with Gasteiger partial charge in [-0.2, -0.15) is 0 Å². The number of amides is 3. The summed E-state index contributed by atoms with van der Waals surface area (Å²) in [5.74, 6) is -0.312. The number of hydrogen-bond donors (Lipinski definition) is 1. The third-order valence-electron chi connectivity index (χ3n) is 4.48. The Hall–Kier alpha value is -3.06. The molecular weight excluding hydrogens is 376 g/mol. The highest BCUT2D eigenvalue weighted by molar-refractivity contribution is 8.18. The van der Waals surface area contributed by atoms with Crippen molar-refractivity contribution in [2.45, 2.75) is 13.8 Å². The average Bonchev–Trinajstić information content (AvgIpc) is 2.93. The monoisotopic (exact) mass is 396 g/mol. The molecule has 3 amide bonds. The molecule has 144 valence electrons. The fourth-order valence-corrected chi connectivity index (χ4v) is 3.61. The highest BCUT2D eigenvalue weighted by Crippen LogP contribution is 2.33. The lowest BCUT2D eigenvalue weighted by Crippen LogP contribution is -2.36. The second-order valence-corrected chi connectivity index (χ2v) is 7.30. The molecule has 6 nitrogen and oxygen atoms in total. The van der Waals surface area contributed by atoms with Gasteiger partial charge in [-0.25, -0.2) is 0 Å². The second-order valence-electron chi connectivity index (χ2n) is 6.31. The summed E-state index contributed by atoms with van der Waals surface area (Å²) in [6.07, 6.45) is 1.60. The molecule has 2 aromatic carbocycles. The molecule has 1 aliphatic rings. The first-order chi connectivity index (χ1) is 13.4. The molecule has 0 saturated carbocycles. The minimum Gasteiger partial charge on any atom is -0.496 e. The molecule has 0 radical (unpaired) electrons. The van der Waals surface area contributed by atoms with Crippen molar-refractivity contribution in [3.05, 3.63) is 64.1 Å². The van der Waals surface area contributed by atoms with E-state index in [-0.39, 0.29) is 11.4 Å². The van der Waals surface area contributed by atoms with Crippen molar-refractivity contribution >= 4 is 40.6 Å². The molecule has 1 heterocycles. The number of aryl methyl sites for hydroxylation is 1. The largest absolute Gasteiger partial charge is 0.496 e. The fraction of sp³-hybridized carbons (Fsp3) is 0.190. The van der Waals surface area contributed by atoms with E-state index >= 15 is 0 Å². The van der Waals surface area contributed by atoms with Gasteiger partial charge in [0.05, 0.1) is 12.0 Å². The zero-order valence-electron chi connectivity index (χ0n) is 15.8. The highest BCUT2D eigenvalue weighted by Gasteiger charge is 2.36. The van der Waals surface area contributed by atoms with Crippen molar-refractivity contribution in [1.82, 2.24) is 4.90 Å². The van der Waals surface area contributed by atoms with Crippen molar-refractivity contribution in [2.24, 2.45) is 0 Å². The molecule has 0 spiro atoms. The van der Waals surface area contributed by atoms with Gasteiger partial charge in [0.1, 0.15) is 12.3 Å². The van der Waals surface area contributed by atoms with Crippen LogP contribution in [0.15, 0.2) is 47.4 Å². The first kappa shape index (κ1) is 19.7. The van der Waals surface area contributed by atoms with Crippen LogP contribution in [0.1, 0.15) is 16.7 Å². The number of carbonyl (C=O) groups is 3. The average molecular weight is 396 g/mol. The number of rotatable bonds is 5. The standard InChI is InChI=1S/C21H20N2O4S/c1-13-7-6-9-16(14(13)2)22-19(24)12-23-20(25)18(28-21(23)26)11-15-8-4-5-10-17(15)27-3/h4-11H,12H2,1-3H3,(H,22,24)/b18-11-. The van der Waals surface area contributed by atoms with Crippen molar-refractivity contribution in [3.63, 3.8) is 0 Å². The minimum atomic E-state index is -0.489. The van der Waals surface area contributed by atoms with Crippen LogP contribution in [0.4, 0.5) is 10.5 Å². The molecule has 7 heteroatoms. The lowest BCUT2D eigenvalue weighted by molar-refractivity contribution is -0.127. The maximum atomic E-state index is 12.6. The van der Waals surface area contributed by atoms with E-state index in [0.717, 1.165) is 27.8 Å². The Balaban J connectivity index is 1.74. The van der Waals surface area contributed by atoms with Gasteiger partial charge in [-0.3, -0.25) is 19.3 Å². The quantitative estimate of drug-likeness (QED) is 0.774. The van der Waals surface area contributed by atoms with Crippen LogP contribution in [0.2, 0.25) is 0 Å². The number of nitrogens with one attached hydrogen (secondary N) is 1. The van der Waals surface area contributed by atoms with Crippen LogP contribution in [0.5, 0.6) is 5.75 Å². The van der Waals surface area contributed by atoms with Crippen molar-refractivity contribution < 1.29 is 19.1 Å². The summed E-state index contributed by atoms with van der Waals surface area (Å²) < 4.78 is 5.27. The third kappa shape index (κ3) is 4.09. The molecule has 0 unspecified atom stereocenters. The highest BCUT2D eigenvalue weighted by atomic mass is 32.2. The maximum absolute atomic E-state index is 12.6. The van der Waals surface area contributed by atoms with Gasteiger partial charge in [0.25, 0.3) is 11.1 Å². The summed E-state index contributed by atoms with van der Waals surface area (Å²) in [4.78, 5) is 38.5. The van der Waals surface area contributed by atoms with E-state index in [1.807, 2.05) is 38.1 Å². The lowest BCUT2D eigenvalue weighted by Gasteiger charge is -2.14. The third-order valence-corrected chi connectivity index (χ3v) is 5.39. The Morgan fingerprint density at radius 3 is 2.64 bits per heavy atom. The summed E-state index contributed by atoms with van der Waals surface area (Å²) in [6, 6.07) is 12.8. The van der Waals surface area contributed by atoms with Gasteiger partial charge in [0.15, 0.2) is 0 Å². The van der Waals surface area contributed by atoms with Gasteiger partial charge < -0.3 is 10.1 Å². The summed E-state index contributed by atoms with van der Waals surface area (Å²) in [5, 5.41) is 2.30. The van der Waals surface area contributed by atoms with Crippen molar-refractivity contribution in [2.75, 3.05) is 19.0 Å². The zero-order valence-corrected chi connectivity index (χ0v) is 16.6. The van der Waals surface area contributed by atoms with Gasteiger partial charge in [-0.1, -0.05) is 30.3 Å². The van der Waals surface area contributed by atoms with Crippen LogP contribution in [0.3, 0.4) is 0 Å². The van der Waals surface area contributed by atoms with Crippen LogP contribution in [-0.4, -0.2) is 35.6 Å². The normalized spacial score (nSPS) is 15.2. The molecule has 2 aromatic rings. The molecule has 1 N–H and O–H groups in total. The number of methoxy groups -OCH3 is 1. The van der Waals surface area contributed by atoms with Crippen LogP contribution in [0, 0.1) is 13.8 Å². The van der Waals surface area contributed by atoms with Crippen LogP contribution < -0.4 is 10.1 Å². The van der Waals surface area contributed by atoms with E-state index in [0.29, 0.717) is 17.0 Å². The first-order valence-electron chi connectivity index (χ1n) is 8.65. The fourth-order valence-electron chi connectivity index (χ4n) is 2.78. The molecule has 1 fully saturated rings. The molecule has 3 rings (SSSR count). The molecular formula is C21H20N2O4S. The van der Waals surface area contributed by atoms with Gasteiger partial charge in [-0.15, -0.1) is 0 Å². The van der Waals surface area contributed by atoms with E-state index in [4.69, 9.17) is 4.74 Å². The molecule has 0 bridgehead atoms. The SMILES string of the molecule is COc1ccccc1/C=C1\SC(=O)N(CC(=O)Nc2cccc(C)c2C)C1=O. The zero-order chi connectivity index (χ0) is 20.3. The molecule has 0 atom stereocenters. The molecule has 0 aliphatic carbocycles. The number of thioether (sulfide) groups is 1. The number of nitrogens with zero attached hydrogens (tertiary/aromatic N) is 1. The van der Waals surface area contributed by atoms with E-state index < -0.39 is 17.1 Å². The van der Waals surface area contributed by atoms with Gasteiger partial charge >= 0.3 is 0 Å². The van der Waals surface area contributed by atoms with Crippen LogP contribution in [0.25, 0.3) is 6.08 Å². The van der Waals surface area contributed by atoms with E-state index in [2.05, 4.69) is 5.32 Å². The summed E-state index contributed by atoms with van der Waals surface area (Å²) in [6.45, 7) is 3.52. The Morgan fingerprint density at radius 1 is 1.14 bits per heavy atom.